The Morgan fingerprint density at radius 2 is 2.00 bits per heavy atom. The van der Waals surface area contributed by atoms with Crippen molar-refractivity contribution in [3.05, 3.63) is 60.6 Å². The zero-order chi connectivity index (χ0) is 17.6. The number of ether oxygens (including phenoxy) is 1. The van der Waals surface area contributed by atoms with Crippen LogP contribution in [0.2, 0.25) is 0 Å². The van der Waals surface area contributed by atoms with E-state index in [4.69, 9.17) is 4.74 Å². The van der Waals surface area contributed by atoms with Crippen LogP contribution in [0.25, 0.3) is 11.3 Å². The molecule has 0 unspecified atom stereocenters. The highest BCUT2D eigenvalue weighted by atomic mass is 16.5. The van der Waals surface area contributed by atoms with E-state index in [2.05, 4.69) is 20.7 Å². The van der Waals surface area contributed by atoms with Gasteiger partial charge in [0.15, 0.2) is 0 Å². The van der Waals surface area contributed by atoms with Gasteiger partial charge in [-0.1, -0.05) is 6.07 Å². The van der Waals surface area contributed by atoms with Crippen LogP contribution in [0, 0.1) is 0 Å². The van der Waals surface area contributed by atoms with Crippen molar-refractivity contribution in [2.75, 3.05) is 12.4 Å². The fourth-order valence-electron chi connectivity index (χ4n) is 2.45. The topological polar surface area (TPSA) is 81.1 Å². The third-order valence-corrected chi connectivity index (χ3v) is 3.66. The van der Waals surface area contributed by atoms with Crippen LogP contribution >= 0.6 is 0 Å². The van der Waals surface area contributed by atoms with Crippen molar-refractivity contribution in [2.24, 2.45) is 7.05 Å². The number of amides is 2. The maximum atomic E-state index is 12.0. The predicted molar refractivity (Wildman–Crippen MR) is 95.3 cm³/mol. The first-order valence-corrected chi connectivity index (χ1v) is 7.78. The Kier molecular flexibility index (Phi) is 4.94. The van der Waals surface area contributed by atoms with E-state index in [0.29, 0.717) is 18.0 Å². The number of pyridine rings is 1. The molecule has 3 aromatic rings. The van der Waals surface area contributed by atoms with Crippen molar-refractivity contribution < 1.29 is 9.53 Å². The second-order valence-electron chi connectivity index (χ2n) is 5.42. The van der Waals surface area contributed by atoms with Crippen LogP contribution in [0.15, 0.2) is 54.9 Å². The van der Waals surface area contributed by atoms with Crippen molar-refractivity contribution in [3.8, 4) is 17.0 Å². The molecule has 0 fully saturated rings. The van der Waals surface area contributed by atoms with E-state index in [1.54, 1.807) is 36.3 Å². The van der Waals surface area contributed by atoms with E-state index in [1.165, 1.54) is 0 Å². The zero-order valence-corrected chi connectivity index (χ0v) is 14.1. The van der Waals surface area contributed by atoms with Gasteiger partial charge in [0.25, 0.3) is 0 Å². The molecule has 0 saturated heterocycles. The Balaban J connectivity index is 1.61. The molecule has 25 heavy (non-hydrogen) atoms. The summed E-state index contributed by atoms with van der Waals surface area (Å²) in [6.07, 6.45) is 3.48. The summed E-state index contributed by atoms with van der Waals surface area (Å²) in [4.78, 5) is 16.1. The van der Waals surface area contributed by atoms with Crippen LogP contribution in [-0.4, -0.2) is 27.9 Å². The average molecular weight is 337 g/mol. The molecule has 0 bridgehead atoms. The predicted octanol–water partition coefficient (Wildman–Crippen LogP) is 2.81. The molecule has 2 heterocycles. The number of nitrogens with one attached hydrogen (secondary N) is 2. The lowest BCUT2D eigenvalue weighted by molar-refractivity contribution is 0.251. The maximum Gasteiger partial charge on any atom is 0.319 e. The number of aryl methyl sites for hydroxylation is 1. The Hall–Kier alpha value is -3.35. The molecular formula is C18H19N5O2. The first-order valence-electron chi connectivity index (χ1n) is 7.78. The smallest absolute Gasteiger partial charge is 0.319 e. The molecule has 7 nitrogen and oxygen atoms in total. The third kappa shape index (κ3) is 4.14. The zero-order valence-electron chi connectivity index (χ0n) is 14.1. The van der Waals surface area contributed by atoms with Gasteiger partial charge in [-0.15, -0.1) is 0 Å². The first kappa shape index (κ1) is 16.5. The van der Waals surface area contributed by atoms with Crippen LogP contribution in [0.3, 0.4) is 0 Å². The van der Waals surface area contributed by atoms with Crippen molar-refractivity contribution in [2.45, 2.75) is 6.54 Å². The second kappa shape index (κ2) is 7.48. The quantitative estimate of drug-likeness (QED) is 0.750. The lowest BCUT2D eigenvalue weighted by Gasteiger charge is -2.07. The summed E-state index contributed by atoms with van der Waals surface area (Å²) in [7, 11) is 3.45. The Morgan fingerprint density at radius 3 is 2.76 bits per heavy atom. The summed E-state index contributed by atoms with van der Waals surface area (Å²) in [5.74, 6) is 0.685. The maximum absolute atomic E-state index is 12.0. The largest absolute Gasteiger partial charge is 0.497 e. The van der Waals surface area contributed by atoms with Gasteiger partial charge in [0.05, 0.1) is 25.0 Å². The Bertz CT molecular complexity index is 861. The number of benzene rings is 1. The highest BCUT2D eigenvalue weighted by molar-refractivity contribution is 5.89. The van der Waals surface area contributed by atoms with E-state index >= 15 is 0 Å². The van der Waals surface area contributed by atoms with Crippen LogP contribution < -0.4 is 15.4 Å². The molecular weight excluding hydrogens is 318 g/mol. The number of methoxy groups -OCH3 is 1. The number of aromatic nitrogens is 3. The fourth-order valence-corrected chi connectivity index (χ4v) is 2.45. The van der Waals surface area contributed by atoms with E-state index in [9.17, 15) is 4.79 Å². The first-order chi connectivity index (χ1) is 12.2. The summed E-state index contributed by atoms with van der Waals surface area (Å²) in [5.41, 5.74) is 3.43. The molecule has 0 aliphatic rings. The number of nitrogens with zero attached hydrogens (tertiary/aromatic N) is 3. The van der Waals surface area contributed by atoms with E-state index in [0.717, 1.165) is 17.0 Å². The molecule has 3 rings (SSSR count). The number of hydrogen-bond donors (Lipinski definition) is 2. The Labute approximate surface area is 145 Å². The SMILES string of the molecule is COc1cccc(NC(=O)NCc2cc(-c3ccncc3)n(C)n2)c1. The van der Waals surface area contributed by atoms with Gasteiger partial charge in [-0.2, -0.15) is 5.10 Å². The molecule has 0 radical (unpaired) electrons. The normalized spacial score (nSPS) is 10.3. The van der Waals surface area contributed by atoms with Crippen LogP contribution in [0.5, 0.6) is 5.75 Å². The fraction of sp³-hybridized carbons (Fsp3) is 0.167. The summed E-state index contributed by atoms with van der Waals surface area (Å²) in [5, 5.41) is 9.99. The van der Waals surface area contributed by atoms with Crippen molar-refractivity contribution in [3.63, 3.8) is 0 Å². The molecule has 0 atom stereocenters. The monoisotopic (exact) mass is 337 g/mol. The summed E-state index contributed by atoms with van der Waals surface area (Å²) < 4.78 is 6.92. The number of anilines is 1. The van der Waals surface area contributed by atoms with Gasteiger partial charge < -0.3 is 15.4 Å². The average Bonchev–Trinajstić information content (AvgIpc) is 3.01. The molecule has 0 saturated carbocycles. The van der Waals surface area contributed by atoms with E-state index < -0.39 is 0 Å². The van der Waals surface area contributed by atoms with Crippen LogP contribution in [0.1, 0.15) is 5.69 Å². The molecule has 2 N–H and O–H groups in total. The number of hydrogen-bond acceptors (Lipinski definition) is 4. The van der Waals surface area contributed by atoms with E-state index in [-0.39, 0.29) is 6.03 Å². The highest BCUT2D eigenvalue weighted by Gasteiger charge is 2.09. The van der Waals surface area contributed by atoms with Gasteiger partial charge >= 0.3 is 6.03 Å². The number of urea groups is 1. The number of carbonyl (C=O) groups excluding carboxylic acids is 1. The van der Waals surface area contributed by atoms with Crippen molar-refractivity contribution in [1.29, 1.82) is 0 Å². The summed E-state index contributed by atoms with van der Waals surface area (Å²) >= 11 is 0. The van der Waals surface area contributed by atoms with Crippen molar-refractivity contribution in [1.82, 2.24) is 20.1 Å². The summed E-state index contributed by atoms with van der Waals surface area (Å²) in [6, 6.07) is 12.7. The minimum atomic E-state index is -0.302. The minimum absolute atomic E-state index is 0.302. The van der Waals surface area contributed by atoms with Crippen molar-refractivity contribution >= 4 is 11.7 Å². The number of carbonyl (C=O) groups is 1. The molecule has 0 spiro atoms. The second-order valence-corrected chi connectivity index (χ2v) is 5.42. The molecule has 7 heteroatoms. The number of rotatable bonds is 5. The molecule has 2 aromatic heterocycles. The molecule has 2 amide bonds. The Morgan fingerprint density at radius 1 is 1.20 bits per heavy atom. The summed E-state index contributed by atoms with van der Waals surface area (Å²) in [6.45, 7) is 0.328. The van der Waals surface area contributed by atoms with Gasteiger partial charge in [-0.3, -0.25) is 9.67 Å². The standard InChI is InChI=1S/C18H19N5O2/c1-23-17(13-6-8-19-9-7-13)11-15(22-23)12-20-18(24)21-14-4-3-5-16(10-14)25-2/h3-11H,12H2,1-2H3,(H2,20,21,24). The lowest BCUT2D eigenvalue weighted by Crippen LogP contribution is -2.28. The lowest BCUT2D eigenvalue weighted by atomic mass is 10.2. The minimum Gasteiger partial charge on any atom is -0.497 e. The highest BCUT2D eigenvalue weighted by Crippen LogP contribution is 2.19. The molecule has 128 valence electrons. The van der Waals surface area contributed by atoms with Gasteiger partial charge in [0.1, 0.15) is 5.75 Å². The van der Waals surface area contributed by atoms with Crippen LogP contribution in [0.4, 0.5) is 10.5 Å². The van der Waals surface area contributed by atoms with Gasteiger partial charge in [0.2, 0.25) is 0 Å². The van der Waals surface area contributed by atoms with Gasteiger partial charge in [-0.05, 0) is 30.3 Å². The molecule has 1 aromatic carbocycles. The van der Waals surface area contributed by atoms with Gasteiger partial charge in [0, 0.05) is 36.8 Å². The molecule has 0 aliphatic carbocycles. The van der Waals surface area contributed by atoms with Crippen LogP contribution in [-0.2, 0) is 13.6 Å². The third-order valence-electron chi connectivity index (χ3n) is 3.66. The van der Waals surface area contributed by atoms with E-state index in [1.807, 2.05) is 37.4 Å². The molecule has 0 aliphatic heterocycles. The van der Waals surface area contributed by atoms with Gasteiger partial charge in [-0.25, -0.2) is 4.79 Å².